The summed E-state index contributed by atoms with van der Waals surface area (Å²) in [5.41, 5.74) is 2.96. The third kappa shape index (κ3) is 3.46. The van der Waals surface area contributed by atoms with Gasteiger partial charge in [-0.05, 0) is 38.4 Å². The van der Waals surface area contributed by atoms with Gasteiger partial charge in [-0.3, -0.25) is 10.00 Å². The average molecular weight is 341 g/mol. The molecule has 0 amide bonds. The molecule has 1 aliphatic heterocycles. The second-order valence-corrected chi connectivity index (χ2v) is 6.56. The average Bonchev–Trinajstić information content (AvgIpc) is 3.25. The van der Waals surface area contributed by atoms with E-state index in [1.807, 2.05) is 13.1 Å². The van der Waals surface area contributed by atoms with Crippen LogP contribution < -0.4 is 0 Å². The Bertz CT molecular complexity index is 859. The quantitative estimate of drug-likeness (QED) is 0.788. The van der Waals surface area contributed by atoms with E-state index in [0.717, 1.165) is 38.2 Å². The van der Waals surface area contributed by atoms with Gasteiger partial charge in [0.1, 0.15) is 5.82 Å². The Kier molecular flexibility index (Phi) is 4.31. The molecule has 1 unspecified atom stereocenters. The van der Waals surface area contributed by atoms with E-state index in [1.165, 1.54) is 17.7 Å². The number of piperidine rings is 1. The molecular formula is C18H20FN5O. The molecule has 0 bridgehead atoms. The molecule has 1 saturated heterocycles. The minimum absolute atomic E-state index is 0.204. The molecule has 0 saturated carbocycles. The number of H-pyrrole nitrogens is 1. The van der Waals surface area contributed by atoms with Crippen molar-refractivity contribution in [2.75, 3.05) is 13.1 Å². The first kappa shape index (κ1) is 16.0. The smallest absolute Gasteiger partial charge is 0.231 e. The molecule has 1 N–H and O–H groups in total. The third-order valence-electron chi connectivity index (χ3n) is 4.71. The van der Waals surface area contributed by atoms with Gasteiger partial charge in [0.25, 0.3) is 0 Å². The van der Waals surface area contributed by atoms with E-state index in [9.17, 15) is 4.39 Å². The predicted molar refractivity (Wildman–Crippen MR) is 90.3 cm³/mol. The lowest BCUT2D eigenvalue weighted by molar-refractivity contribution is 0.180. The molecule has 1 atom stereocenters. The van der Waals surface area contributed by atoms with E-state index in [-0.39, 0.29) is 11.7 Å². The van der Waals surface area contributed by atoms with Crippen molar-refractivity contribution in [2.45, 2.75) is 32.2 Å². The first-order chi connectivity index (χ1) is 12.2. The van der Waals surface area contributed by atoms with E-state index < -0.39 is 0 Å². The number of benzene rings is 1. The summed E-state index contributed by atoms with van der Waals surface area (Å²) in [6.07, 6.45) is 3.98. The van der Waals surface area contributed by atoms with Crippen LogP contribution in [0.1, 0.15) is 35.9 Å². The number of rotatable bonds is 4. The normalized spacial score (nSPS) is 18.6. The Morgan fingerprint density at radius 1 is 1.40 bits per heavy atom. The zero-order chi connectivity index (χ0) is 17.2. The highest BCUT2D eigenvalue weighted by molar-refractivity contribution is 5.53. The van der Waals surface area contributed by atoms with Crippen molar-refractivity contribution in [3.05, 3.63) is 53.4 Å². The first-order valence-corrected chi connectivity index (χ1v) is 8.50. The molecule has 130 valence electrons. The van der Waals surface area contributed by atoms with Crippen LogP contribution in [0.15, 0.2) is 35.0 Å². The number of likely N-dealkylation sites (tertiary alicyclic amines) is 1. The van der Waals surface area contributed by atoms with Crippen LogP contribution in [0, 0.1) is 12.7 Å². The summed E-state index contributed by atoms with van der Waals surface area (Å²) in [5, 5.41) is 11.1. The van der Waals surface area contributed by atoms with Gasteiger partial charge in [-0.1, -0.05) is 17.3 Å². The summed E-state index contributed by atoms with van der Waals surface area (Å²) in [6, 6.07) is 6.26. The fraction of sp³-hybridized carbons (Fsp3) is 0.389. The zero-order valence-electron chi connectivity index (χ0n) is 14.1. The standard InChI is InChI=1S/C18H20FN5O/c1-12-15(9-20-22-12)11-24-7-3-5-14(10-24)18-21-17(23-25-18)13-4-2-6-16(19)8-13/h2,4,6,8-9,14H,3,5,7,10-11H2,1H3,(H,20,22). The maximum atomic E-state index is 13.4. The monoisotopic (exact) mass is 341 g/mol. The van der Waals surface area contributed by atoms with Gasteiger partial charge in [-0.15, -0.1) is 0 Å². The summed E-state index contributed by atoms with van der Waals surface area (Å²) in [6.45, 7) is 4.82. The molecule has 2 aromatic heterocycles. The molecule has 25 heavy (non-hydrogen) atoms. The van der Waals surface area contributed by atoms with Crippen LogP contribution in [0.3, 0.4) is 0 Å². The number of aromatic amines is 1. The van der Waals surface area contributed by atoms with Crippen LogP contribution in [0.25, 0.3) is 11.4 Å². The minimum atomic E-state index is -0.303. The number of aromatic nitrogens is 4. The number of hydrogen-bond acceptors (Lipinski definition) is 5. The van der Waals surface area contributed by atoms with Crippen molar-refractivity contribution >= 4 is 0 Å². The SMILES string of the molecule is Cc1[nH]ncc1CN1CCCC(c2nc(-c3cccc(F)c3)no2)C1. The van der Waals surface area contributed by atoms with Crippen molar-refractivity contribution < 1.29 is 8.91 Å². The maximum absolute atomic E-state index is 13.4. The number of halogens is 1. The van der Waals surface area contributed by atoms with E-state index >= 15 is 0 Å². The number of aryl methyl sites for hydroxylation is 1. The Morgan fingerprint density at radius 2 is 2.32 bits per heavy atom. The lowest BCUT2D eigenvalue weighted by Gasteiger charge is -2.30. The van der Waals surface area contributed by atoms with Crippen molar-refractivity contribution in [1.82, 2.24) is 25.2 Å². The molecule has 7 heteroatoms. The van der Waals surface area contributed by atoms with Crippen LogP contribution in [-0.4, -0.2) is 38.3 Å². The number of hydrogen-bond donors (Lipinski definition) is 1. The van der Waals surface area contributed by atoms with Crippen molar-refractivity contribution in [2.24, 2.45) is 0 Å². The minimum Gasteiger partial charge on any atom is -0.339 e. The van der Waals surface area contributed by atoms with Crippen molar-refractivity contribution in [3.8, 4) is 11.4 Å². The van der Waals surface area contributed by atoms with Gasteiger partial charge >= 0.3 is 0 Å². The summed E-state index contributed by atoms with van der Waals surface area (Å²) in [5.74, 6) is 0.976. The molecule has 3 aromatic rings. The first-order valence-electron chi connectivity index (χ1n) is 8.50. The zero-order valence-corrected chi connectivity index (χ0v) is 14.1. The van der Waals surface area contributed by atoms with Gasteiger partial charge in [0.15, 0.2) is 0 Å². The van der Waals surface area contributed by atoms with Gasteiger partial charge in [-0.2, -0.15) is 10.1 Å². The molecule has 0 aliphatic carbocycles. The Balaban J connectivity index is 1.47. The predicted octanol–water partition coefficient (Wildman–Crippen LogP) is 3.29. The molecule has 4 rings (SSSR count). The second kappa shape index (κ2) is 6.76. The summed E-state index contributed by atoms with van der Waals surface area (Å²) in [4.78, 5) is 6.89. The molecule has 1 aliphatic rings. The van der Waals surface area contributed by atoms with Crippen molar-refractivity contribution in [1.29, 1.82) is 0 Å². The van der Waals surface area contributed by atoms with Crippen molar-refractivity contribution in [3.63, 3.8) is 0 Å². The van der Waals surface area contributed by atoms with E-state index in [0.29, 0.717) is 17.3 Å². The van der Waals surface area contributed by atoms with E-state index in [2.05, 4.69) is 25.2 Å². The molecule has 1 aromatic carbocycles. The fourth-order valence-electron chi connectivity index (χ4n) is 3.32. The van der Waals surface area contributed by atoms with Crippen LogP contribution >= 0.6 is 0 Å². The van der Waals surface area contributed by atoms with Crippen LogP contribution in [0.4, 0.5) is 4.39 Å². The van der Waals surface area contributed by atoms with E-state index in [4.69, 9.17) is 4.52 Å². The number of nitrogens with one attached hydrogen (secondary N) is 1. The summed E-state index contributed by atoms with van der Waals surface area (Å²) >= 11 is 0. The molecular weight excluding hydrogens is 321 g/mol. The fourth-order valence-corrected chi connectivity index (χ4v) is 3.32. The molecule has 0 radical (unpaired) electrons. The molecule has 0 spiro atoms. The highest BCUT2D eigenvalue weighted by Gasteiger charge is 2.26. The van der Waals surface area contributed by atoms with Gasteiger partial charge < -0.3 is 4.52 Å². The van der Waals surface area contributed by atoms with Crippen LogP contribution in [0.5, 0.6) is 0 Å². The van der Waals surface area contributed by atoms with E-state index in [1.54, 1.807) is 12.1 Å². The Hall–Kier alpha value is -2.54. The lowest BCUT2D eigenvalue weighted by atomic mass is 9.97. The topological polar surface area (TPSA) is 70.8 Å². The molecule has 1 fully saturated rings. The van der Waals surface area contributed by atoms with Gasteiger partial charge in [0.2, 0.25) is 11.7 Å². The molecule has 6 nitrogen and oxygen atoms in total. The van der Waals surface area contributed by atoms with Gasteiger partial charge in [-0.25, -0.2) is 4.39 Å². The lowest BCUT2D eigenvalue weighted by Crippen LogP contribution is -2.34. The Morgan fingerprint density at radius 3 is 3.12 bits per heavy atom. The summed E-state index contributed by atoms with van der Waals surface area (Å²) in [7, 11) is 0. The van der Waals surface area contributed by atoms with Gasteiger partial charge in [0, 0.05) is 29.9 Å². The highest BCUT2D eigenvalue weighted by atomic mass is 19.1. The number of nitrogens with zero attached hydrogens (tertiary/aromatic N) is 4. The van der Waals surface area contributed by atoms with Crippen LogP contribution in [-0.2, 0) is 6.54 Å². The van der Waals surface area contributed by atoms with Crippen LogP contribution in [0.2, 0.25) is 0 Å². The molecule has 3 heterocycles. The van der Waals surface area contributed by atoms with Gasteiger partial charge in [0.05, 0.1) is 12.1 Å². The summed E-state index contributed by atoms with van der Waals surface area (Å²) < 4.78 is 18.9. The second-order valence-electron chi connectivity index (χ2n) is 6.56. The maximum Gasteiger partial charge on any atom is 0.231 e. The highest BCUT2D eigenvalue weighted by Crippen LogP contribution is 2.28. The third-order valence-corrected chi connectivity index (χ3v) is 4.71. The largest absolute Gasteiger partial charge is 0.339 e. The Labute approximate surface area is 145 Å².